The number of amides is 1. The monoisotopic (exact) mass is 497 g/mol. The second-order valence-electron chi connectivity index (χ2n) is 10.2. The Balaban J connectivity index is 1.49. The third kappa shape index (κ3) is 3.83. The number of benzene rings is 2. The molecule has 8 nitrogen and oxygen atoms in total. The molecule has 2 aromatic carbocycles. The Morgan fingerprint density at radius 3 is 2.70 bits per heavy atom. The van der Waals surface area contributed by atoms with Crippen molar-refractivity contribution >= 4 is 22.6 Å². The zero-order valence-corrected chi connectivity index (χ0v) is 21.6. The van der Waals surface area contributed by atoms with Crippen LogP contribution < -0.4 is 9.64 Å². The molecule has 4 heterocycles. The lowest BCUT2D eigenvalue weighted by Crippen LogP contribution is -2.44. The molecule has 190 valence electrons. The lowest BCUT2D eigenvalue weighted by molar-refractivity contribution is 0.0570. The number of aromatic nitrogens is 3. The number of carbonyl (C=O) groups is 1. The second-order valence-corrected chi connectivity index (χ2v) is 10.2. The summed E-state index contributed by atoms with van der Waals surface area (Å²) in [7, 11) is 1.62. The Hall–Kier alpha value is -3.91. The predicted octanol–water partition coefficient (Wildman–Crippen LogP) is 4.75. The summed E-state index contributed by atoms with van der Waals surface area (Å²) in [6.45, 7) is 8.76. The van der Waals surface area contributed by atoms with Crippen LogP contribution in [0, 0.1) is 0 Å². The molecule has 37 heavy (non-hydrogen) atoms. The van der Waals surface area contributed by atoms with Crippen molar-refractivity contribution in [1.82, 2.24) is 19.9 Å². The van der Waals surface area contributed by atoms with Gasteiger partial charge in [-0.15, -0.1) is 0 Å². The Bertz CT molecular complexity index is 1480. The van der Waals surface area contributed by atoms with Crippen LogP contribution in [0.2, 0.25) is 0 Å². The van der Waals surface area contributed by atoms with Gasteiger partial charge in [0.2, 0.25) is 0 Å². The van der Waals surface area contributed by atoms with Crippen molar-refractivity contribution < 1.29 is 14.3 Å². The van der Waals surface area contributed by atoms with E-state index < -0.39 is 5.54 Å². The Morgan fingerprint density at radius 1 is 1.14 bits per heavy atom. The molecule has 0 spiro atoms. The summed E-state index contributed by atoms with van der Waals surface area (Å²) < 4.78 is 11.0. The molecule has 1 fully saturated rings. The van der Waals surface area contributed by atoms with Gasteiger partial charge in [0, 0.05) is 40.3 Å². The summed E-state index contributed by atoms with van der Waals surface area (Å²) in [5, 5.41) is 1.07. The Labute approximate surface area is 216 Å². The molecule has 1 atom stereocenters. The number of carbonyl (C=O) groups excluding carboxylic acids is 1. The number of H-pyrrole nitrogens is 1. The first-order valence-corrected chi connectivity index (χ1v) is 12.7. The van der Waals surface area contributed by atoms with Crippen molar-refractivity contribution in [3.8, 4) is 17.1 Å². The molecule has 1 N–H and O–H groups in total. The van der Waals surface area contributed by atoms with Gasteiger partial charge in [0.15, 0.2) is 5.82 Å². The average Bonchev–Trinajstić information content (AvgIpc) is 3.50. The van der Waals surface area contributed by atoms with Crippen molar-refractivity contribution in [2.24, 2.45) is 0 Å². The van der Waals surface area contributed by atoms with Gasteiger partial charge in [0.1, 0.15) is 11.6 Å². The minimum atomic E-state index is -0.625. The quantitative estimate of drug-likeness (QED) is 0.438. The van der Waals surface area contributed by atoms with Crippen molar-refractivity contribution in [3.63, 3.8) is 0 Å². The van der Waals surface area contributed by atoms with E-state index in [4.69, 9.17) is 19.4 Å². The first kappa shape index (κ1) is 23.5. The molecule has 0 unspecified atom stereocenters. The van der Waals surface area contributed by atoms with E-state index in [-0.39, 0.29) is 11.9 Å². The van der Waals surface area contributed by atoms with Crippen LogP contribution in [0.5, 0.6) is 5.75 Å². The Kier molecular flexibility index (Phi) is 5.64. The van der Waals surface area contributed by atoms with Gasteiger partial charge in [-0.3, -0.25) is 4.79 Å². The SMILES string of the molecule is COc1ccc(C(=O)N2Cc3c(N4CCOC[C@H]4C)nc(-c4cccc5[nH]ccc45)nc3C2(C)C)cc1. The summed E-state index contributed by atoms with van der Waals surface area (Å²) in [6, 6.07) is 15.6. The normalized spacial score (nSPS) is 18.8. The maximum atomic E-state index is 13.8. The van der Waals surface area contributed by atoms with Gasteiger partial charge in [-0.2, -0.15) is 0 Å². The molecule has 0 bridgehead atoms. The fraction of sp³-hybridized carbons (Fsp3) is 0.345. The van der Waals surface area contributed by atoms with Crippen LogP contribution >= 0.6 is 0 Å². The van der Waals surface area contributed by atoms with E-state index in [0.29, 0.717) is 31.1 Å². The first-order chi connectivity index (χ1) is 17.9. The standard InChI is InChI=1S/C29H31N5O3/c1-18-17-37-15-14-33(18)27-23-16-34(28(35)19-8-10-20(36-4)11-9-19)29(2,3)25(23)31-26(32-27)22-6-5-7-24-21(22)12-13-30-24/h5-13,18,30H,14-17H2,1-4H3/t18-/m1/s1. The first-order valence-electron chi connectivity index (χ1n) is 12.7. The second kappa shape index (κ2) is 8.88. The van der Waals surface area contributed by atoms with Gasteiger partial charge < -0.3 is 24.3 Å². The maximum Gasteiger partial charge on any atom is 0.254 e. The molecule has 2 aliphatic heterocycles. The van der Waals surface area contributed by atoms with Crippen LogP contribution in [-0.4, -0.2) is 58.7 Å². The number of morpholine rings is 1. The molecule has 2 aromatic heterocycles. The molecular formula is C29H31N5O3. The molecule has 6 rings (SSSR count). The van der Waals surface area contributed by atoms with Crippen molar-refractivity contribution in [3.05, 3.63) is 71.5 Å². The highest BCUT2D eigenvalue weighted by Gasteiger charge is 2.45. The van der Waals surface area contributed by atoms with Gasteiger partial charge in [-0.25, -0.2) is 9.97 Å². The van der Waals surface area contributed by atoms with Crippen LogP contribution in [0.1, 0.15) is 42.4 Å². The van der Waals surface area contributed by atoms with Gasteiger partial charge in [-0.1, -0.05) is 12.1 Å². The number of hydrogen-bond donors (Lipinski definition) is 1. The molecule has 1 saturated heterocycles. The zero-order valence-electron chi connectivity index (χ0n) is 21.6. The van der Waals surface area contributed by atoms with Gasteiger partial charge >= 0.3 is 0 Å². The topological polar surface area (TPSA) is 83.6 Å². The third-order valence-corrected chi connectivity index (χ3v) is 7.61. The van der Waals surface area contributed by atoms with Crippen LogP contribution in [0.3, 0.4) is 0 Å². The van der Waals surface area contributed by atoms with Crippen molar-refractivity contribution in [1.29, 1.82) is 0 Å². The predicted molar refractivity (Wildman–Crippen MR) is 143 cm³/mol. The molecular weight excluding hydrogens is 466 g/mol. The number of fused-ring (bicyclic) bond motifs is 2. The number of ether oxygens (including phenoxy) is 2. The lowest BCUT2D eigenvalue weighted by Gasteiger charge is -2.35. The largest absolute Gasteiger partial charge is 0.497 e. The van der Waals surface area contributed by atoms with Crippen LogP contribution in [-0.2, 0) is 16.8 Å². The fourth-order valence-electron chi connectivity index (χ4n) is 5.50. The molecule has 1 amide bonds. The minimum Gasteiger partial charge on any atom is -0.497 e. The van der Waals surface area contributed by atoms with Gasteiger partial charge in [0.25, 0.3) is 5.91 Å². The number of nitrogens with one attached hydrogen (secondary N) is 1. The number of hydrogen-bond acceptors (Lipinski definition) is 6. The minimum absolute atomic E-state index is 0.0408. The van der Waals surface area contributed by atoms with E-state index in [1.165, 1.54) is 0 Å². The third-order valence-electron chi connectivity index (χ3n) is 7.61. The van der Waals surface area contributed by atoms with Crippen molar-refractivity contribution in [2.75, 3.05) is 31.8 Å². The van der Waals surface area contributed by atoms with Gasteiger partial charge in [-0.05, 0) is 57.2 Å². The highest BCUT2D eigenvalue weighted by molar-refractivity contribution is 5.96. The van der Waals surface area contributed by atoms with Crippen molar-refractivity contribution in [2.45, 2.75) is 38.9 Å². The maximum absolute atomic E-state index is 13.8. The lowest BCUT2D eigenvalue weighted by atomic mass is 9.98. The Morgan fingerprint density at radius 2 is 1.95 bits per heavy atom. The molecule has 8 heteroatoms. The number of anilines is 1. The number of rotatable bonds is 4. The summed E-state index contributed by atoms with van der Waals surface area (Å²) >= 11 is 0. The molecule has 0 aliphatic carbocycles. The molecule has 0 radical (unpaired) electrons. The van der Waals surface area contributed by atoms with E-state index in [9.17, 15) is 4.79 Å². The number of nitrogens with zero attached hydrogens (tertiary/aromatic N) is 4. The van der Waals surface area contributed by atoms with Crippen LogP contribution in [0.4, 0.5) is 5.82 Å². The zero-order chi connectivity index (χ0) is 25.7. The summed E-state index contributed by atoms with van der Waals surface area (Å²) in [4.78, 5) is 31.6. The summed E-state index contributed by atoms with van der Waals surface area (Å²) in [6.07, 6.45) is 1.94. The summed E-state index contributed by atoms with van der Waals surface area (Å²) in [5.74, 6) is 2.24. The van der Waals surface area contributed by atoms with Crippen LogP contribution in [0.15, 0.2) is 54.7 Å². The average molecular weight is 498 g/mol. The highest BCUT2D eigenvalue weighted by Crippen LogP contribution is 2.44. The number of aromatic amines is 1. The van der Waals surface area contributed by atoms with E-state index in [0.717, 1.165) is 45.8 Å². The molecule has 0 saturated carbocycles. The van der Waals surface area contributed by atoms with E-state index >= 15 is 0 Å². The van der Waals surface area contributed by atoms with Crippen LogP contribution in [0.25, 0.3) is 22.3 Å². The highest BCUT2D eigenvalue weighted by atomic mass is 16.5. The number of methoxy groups -OCH3 is 1. The van der Waals surface area contributed by atoms with E-state index in [1.54, 1.807) is 7.11 Å². The fourth-order valence-corrected chi connectivity index (χ4v) is 5.50. The van der Waals surface area contributed by atoms with E-state index in [2.05, 4.69) is 48.9 Å². The molecule has 4 aromatic rings. The molecule has 2 aliphatic rings. The summed E-state index contributed by atoms with van der Waals surface area (Å²) in [5.41, 5.74) is 3.90. The smallest absolute Gasteiger partial charge is 0.254 e. The van der Waals surface area contributed by atoms with Gasteiger partial charge in [0.05, 0.1) is 44.1 Å². The van der Waals surface area contributed by atoms with E-state index in [1.807, 2.05) is 41.4 Å².